The van der Waals surface area contributed by atoms with E-state index in [2.05, 4.69) is 12.0 Å². The number of aryl methyl sites for hydroxylation is 2. The first-order valence-electron chi connectivity index (χ1n) is 6.07. The minimum Gasteiger partial charge on any atom is -1.00 e. The van der Waals surface area contributed by atoms with Crippen LogP contribution in [0.25, 0.3) is 12.2 Å². The number of hydrogen-bond donors (Lipinski definition) is 1. The third-order valence-corrected chi connectivity index (χ3v) is 3.66. The summed E-state index contributed by atoms with van der Waals surface area (Å²) in [6.07, 6.45) is 3.80. The van der Waals surface area contributed by atoms with Gasteiger partial charge in [0.05, 0.1) is 12.7 Å². The zero-order valence-corrected chi connectivity index (χ0v) is 13.2. The Kier molecular flexibility index (Phi) is 5.98. The van der Waals surface area contributed by atoms with Gasteiger partial charge in [-0.3, -0.25) is 0 Å². The van der Waals surface area contributed by atoms with E-state index in [-0.39, 0.29) is 18.2 Å². The van der Waals surface area contributed by atoms with Crippen LogP contribution in [0.5, 0.6) is 11.5 Å². The summed E-state index contributed by atoms with van der Waals surface area (Å²) in [5, 5.41) is 16.3. The Balaban J connectivity index is 0.00000200. The molecule has 4 nitrogen and oxygen atoms in total. The molecule has 0 aliphatic carbocycles. The smallest absolute Gasteiger partial charge is 0.289 e. The molecule has 0 aliphatic rings. The lowest BCUT2D eigenvalue weighted by Gasteiger charge is -2.05. The number of phenols is 1. The van der Waals surface area contributed by atoms with Crippen LogP contribution in [-0.2, 0) is 6.54 Å². The second-order valence-electron chi connectivity index (χ2n) is 4.00. The standard InChI is InChI=1S/C14H16N2O2S.ClH/c1-4-16-14(19-10(2)15-16)9-8-11-12(17)6-5-7-13(11)18-3;/h5-9H,4H2,1-3H3;1H. The Morgan fingerprint density at radius 1 is 1.40 bits per heavy atom. The molecule has 0 amide bonds. The predicted molar refractivity (Wildman–Crippen MR) is 76.3 cm³/mol. The van der Waals surface area contributed by atoms with E-state index in [1.165, 1.54) is 0 Å². The van der Waals surface area contributed by atoms with Crippen molar-refractivity contribution in [3.63, 3.8) is 0 Å². The number of rotatable bonds is 4. The molecule has 1 aromatic carbocycles. The lowest BCUT2D eigenvalue weighted by atomic mass is 10.1. The number of aromatic nitrogens is 2. The molecular weight excluding hydrogens is 296 g/mol. The first-order chi connectivity index (χ1) is 9.15. The van der Waals surface area contributed by atoms with Crippen molar-refractivity contribution in [2.75, 3.05) is 7.11 Å². The van der Waals surface area contributed by atoms with Crippen molar-refractivity contribution in [1.82, 2.24) is 5.10 Å². The fourth-order valence-corrected chi connectivity index (χ4v) is 2.68. The van der Waals surface area contributed by atoms with Crippen LogP contribution in [-0.4, -0.2) is 17.3 Å². The number of methoxy groups -OCH3 is 1. The van der Waals surface area contributed by atoms with Gasteiger partial charge < -0.3 is 22.3 Å². The van der Waals surface area contributed by atoms with Gasteiger partial charge in [0.25, 0.3) is 5.01 Å². The minimum atomic E-state index is 0. The molecule has 0 spiro atoms. The van der Waals surface area contributed by atoms with Gasteiger partial charge in [-0.05, 0) is 43.4 Å². The van der Waals surface area contributed by atoms with Crippen LogP contribution < -0.4 is 21.8 Å². The molecule has 1 N–H and O–H groups in total. The van der Waals surface area contributed by atoms with Gasteiger partial charge in [-0.1, -0.05) is 10.7 Å². The summed E-state index contributed by atoms with van der Waals surface area (Å²) in [6.45, 7) is 4.85. The third kappa shape index (κ3) is 3.49. The third-order valence-electron chi connectivity index (χ3n) is 2.72. The highest BCUT2D eigenvalue weighted by molar-refractivity contribution is 7.11. The Morgan fingerprint density at radius 3 is 2.80 bits per heavy atom. The van der Waals surface area contributed by atoms with Gasteiger partial charge in [-0.25, -0.2) is 0 Å². The van der Waals surface area contributed by atoms with Gasteiger partial charge >= 0.3 is 0 Å². The highest BCUT2D eigenvalue weighted by Gasteiger charge is 2.13. The van der Waals surface area contributed by atoms with Gasteiger partial charge in [0.15, 0.2) is 11.6 Å². The quantitative estimate of drug-likeness (QED) is 0.785. The number of hydrogen-bond acceptors (Lipinski definition) is 4. The summed E-state index contributed by atoms with van der Waals surface area (Å²) in [4.78, 5) is 0. The topological polar surface area (TPSA) is 46.2 Å². The second-order valence-corrected chi connectivity index (χ2v) is 5.21. The van der Waals surface area contributed by atoms with Crippen LogP contribution in [0.1, 0.15) is 22.5 Å². The van der Waals surface area contributed by atoms with Gasteiger partial charge in [-0.2, -0.15) is 0 Å². The average molecular weight is 313 g/mol. The van der Waals surface area contributed by atoms with E-state index in [0.29, 0.717) is 11.3 Å². The van der Waals surface area contributed by atoms with Gasteiger partial charge in [0.2, 0.25) is 0 Å². The molecule has 0 bridgehead atoms. The Morgan fingerprint density at radius 2 is 2.15 bits per heavy atom. The van der Waals surface area contributed by atoms with Crippen LogP contribution in [0.3, 0.4) is 0 Å². The van der Waals surface area contributed by atoms with Crippen LogP contribution in [0.2, 0.25) is 0 Å². The lowest BCUT2D eigenvalue weighted by Crippen LogP contribution is -3.00. The summed E-state index contributed by atoms with van der Waals surface area (Å²) >= 11 is 1.62. The summed E-state index contributed by atoms with van der Waals surface area (Å²) in [7, 11) is 1.59. The van der Waals surface area contributed by atoms with Crippen molar-refractivity contribution in [2.24, 2.45) is 0 Å². The summed E-state index contributed by atoms with van der Waals surface area (Å²) < 4.78 is 7.18. The van der Waals surface area contributed by atoms with Gasteiger partial charge in [0, 0.05) is 11.2 Å². The predicted octanol–water partition coefficient (Wildman–Crippen LogP) is -0.352. The maximum Gasteiger partial charge on any atom is 0.289 e. The van der Waals surface area contributed by atoms with E-state index in [4.69, 9.17) is 4.74 Å². The van der Waals surface area contributed by atoms with E-state index < -0.39 is 0 Å². The first-order valence-corrected chi connectivity index (χ1v) is 6.89. The molecule has 1 heterocycles. The SMILES string of the molecule is CC[n+]1nc(C)sc1/C=C/c1c(O)cccc1OC.[Cl-]. The fourth-order valence-electron chi connectivity index (χ4n) is 1.82. The van der Waals surface area contributed by atoms with Crippen molar-refractivity contribution in [3.05, 3.63) is 33.8 Å². The summed E-state index contributed by atoms with van der Waals surface area (Å²) in [5.74, 6) is 0.862. The molecule has 6 heteroatoms. The number of benzene rings is 1. The monoisotopic (exact) mass is 312 g/mol. The maximum absolute atomic E-state index is 9.88. The molecule has 1 aromatic heterocycles. The van der Waals surface area contributed by atoms with Crippen LogP contribution in [0.4, 0.5) is 0 Å². The Labute approximate surface area is 128 Å². The van der Waals surface area contributed by atoms with E-state index in [9.17, 15) is 5.11 Å². The van der Waals surface area contributed by atoms with Gasteiger partial charge in [-0.15, -0.1) is 0 Å². The number of ether oxygens (including phenoxy) is 1. The van der Waals surface area contributed by atoms with E-state index in [1.807, 2.05) is 29.8 Å². The minimum absolute atomic E-state index is 0. The molecule has 0 saturated heterocycles. The molecule has 0 atom stereocenters. The number of halogens is 1. The zero-order valence-electron chi connectivity index (χ0n) is 11.6. The molecule has 108 valence electrons. The molecule has 20 heavy (non-hydrogen) atoms. The molecule has 0 saturated carbocycles. The largest absolute Gasteiger partial charge is 1.00 e. The van der Waals surface area contributed by atoms with Crippen molar-refractivity contribution in [1.29, 1.82) is 0 Å². The van der Waals surface area contributed by atoms with Gasteiger partial charge in [0.1, 0.15) is 11.5 Å². The summed E-state index contributed by atoms with van der Waals surface area (Å²) in [5.41, 5.74) is 0.679. The van der Waals surface area contributed by atoms with Crippen molar-refractivity contribution in [2.45, 2.75) is 20.4 Å². The van der Waals surface area contributed by atoms with Crippen molar-refractivity contribution >= 4 is 23.5 Å². The van der Waals surface area contributed by atoms with E-state index in [1.54, 1.807) is 30.6 Å². The van der Waals surface area contributed by atoms with Crippen LogP contribution in [0, 0.1) is 6.92 Å². The molecule has 0 aliphatic heterocycles. The molecule has 0 radical (unpaired) electrons. The second kappa shape index (κ2) is 7.26. The summed E-state index contributed by atoms with van der Waals surface area (Å²) in [6, 6.07) is 5.23. The molecule has 2 rings (SSSR count). The number of phenolic OH excluding ortho intramolecular Hbond substituents is 1. The van der Waals surface area contributed by atoms with E-state index >= 15 is 0 Å². The van der Waals surface area contributed by atoms with Crippen molar-refractivity contribution in [3.8, 4) is 11.5 Å². The maximum atomic E-state index is 9.88. The molecule has 0 unspecified atom stereocenters. The highest BCUT2D eigenvalue weighted by atomic mass is 35.5. The highest BCUT2D eigenvalue weighted by Crippen LogP contribution is 2.29. The Bertz CT molecular complexity index is 611. The average Bonchev–Trinajstić information content (AvgIpc) is 2.77. The fraction of sp³-hybridized carbons (Fsp3) is 0.286. The number of aromatic hydroxyl groups is 1. The number of nitrogens with zero attached hydrogens (tertiary/aromatic N) is 2. The van der Waals surface area contributed by atoms with Crippen LogP contribution >= 0.6 is 11.3 Å². The molecule has 2 aromatic rings. The zero-order chi connectivity index (χ0) is 13.8. The molecular formula is C14H17ClN2O2S. The first kappa shape index (κ1) is 16.5. The van der Waals surface area contributed by atoms with Crippen molar-refractivity contribution < 1.29 is 26.9 Å². The lowest BCUT2D eigenvalue weighted by molar-refractivity contribution is -0.747. The molecule has 0 fully saturated rings. The normalized spacial score (nSPS) is 10.6. The Hall–Kier alpha value is -1.59. The van der Waals surface area contributed by atoms with Crippen LogP contribution in [0.15, 0.2) is 18.2 Å². The van der Waals surface area contributed by atoms with E-state index in [0.717, 1.165) is 16.6 Å².